The lowest BCUT2D eigenvalue weighted by Crippen LogP contribution is -2.22. The van der Waals surface area contributed by atoms with Gasteiger partial charge in [-0.2, -0.15) is 4.98 Å². The molecule has 1 fully saturated rings. The topological polar surface area (TPSA) is 78.6 Å². The third-order valence-corrected chi connectivity index (χ3v) is 4.21. The molecule has 0 saturated carbocycles. The van der Waals surface area contributed by atoms with Gasteiger partial charge in [-0.25, -0.2) is 9.97 Å². The van der Waals surface area contributed by atoms with Gasteiger partial charge in [0.25, 0.3) is 0 Å². The van der Waals surface area contributed by atoms with Crippen molar-refractivity contribution in [2.75, 3.05) is 29.9 Å². The molecule has 4 heterocycles. The van der Waals surface area contributed by atoms with Gasteiger partial charge in [0.2, 0.25) is 5.95 Å². The lowest BCUT2D eigenvalue weighted by Gasteiger charge is -2.16. The van der Waals surface area contributed by atoms with Crippen LogP contribution in [0.1, 0.15) is 12.1 Å². The second kappa shape index (κ2) is 6.45. The van der Waals surface area contributed by atoms with E-state index in [1.807, 2.05) is 41.1 Å². The number of nitrogens with zero attached hydrogens (tertiary/aromatic N) is 5. The van der Waals surface area contributed by atoms with Crippen LogP contribution in [0.5, 0.6) is 0 Å². The van der Waals surface area contributed by atoms with Crippen molar-refractivity contribution in [1.29, 1.82) is 0 Å². The molecule has 4 rings (SSSR count). The Hall–Kier alpha value is -2.67. The van der Waals surface area contributed by atoms with Crippen LogP contribution < -0.4 is 10.2 Å². The van der Waals surface area contributed by atoms with Gasteiger partial charge in [0, 0.05) is 44.6 Å². The Balaban J connectivity index is 1.37. The lowest BCUT2D eigenvalue weighted by molar-refractivity contribution is 0.198. The molecule has 0 aromatic carbocycles. The summed E-state index contributed by atoms with van der Waals surface area (Å²) in [5.41, 5.74) is 1.99. The third-order valence-electron chi connectivity index (χ3n) is 4.21. The Kier molecular flexibility index (Phi) is 4.00. The van der Waals surface area contributed by atoms with Crippen LogP contribution in [0.15, 0.2) is 42.9 Å². The normalized spacial score (nSPS) is 17.5. The standard InChI is InChI=1S/C17H20N6O/c24-14-6-10-23(12-14)16-5-8-19-17(21-16)18-7-4-13-11-22-9-2-1-3-15(22)20-13/h1-3,5,8-9,11,14,24H,4,6-7,10,12H2,(H,18,19,21). The number of aliphatic hydroxyl groups excluding tert-OH is 1. The van der Waals surface area contributed by atoms with Gasteiger partial charge in [0.1, 0.15) is 11.5 Å². The Morgan fingerprint density at radius 1 is 1.25 bits per heavy atom. The van der Waals surface area contributed by atoms with E-state index in [9.17, 15) is 5.11 Å². The number of fused-ring (bicyclic) bond motifs is 1. The van der Waals surface area contributed by atoms with E-state index in [4.69, 9.17) is 0 Å². The average molecular weight is 324 g/mol. The minimum Gasteiger partial charge on any atom is -0.391 e. The van der Waals surface area contributed by atoms with Crippen molar-refractivity contribution in [2.24, 2.45) is 0 Å². The zero-order valence-corrected chi connectivity index (χ0v) is 13.3. The molecule has 0 aliphatic carbocycles. The Morgan fingerprint density at radius 2 is 2.21 bits per heavy atom. The first-order chi connectivity index (χ1) is 11.8. The van der Waals surface area contributed by atoms with E-state index in [0.717, 1.165) is 43.1 Å². The SMILES string of the molecule is OC1CCN(c2ccnc(NCCc3cn4ccccc4n3)n2)C1. The van der Waals surface area contributed by atoms with Gasteiger partial charge < -0.3 is 19.7 Å². The predicted molar refractivity (Wildman–Crippen MR) is 92.3 cm³/mol. The molecule has 1 atom stereocenters. The van der Waals surface area contributed by atoms with E-state index < -0.39 is 0 Å². The monoisotopic (exact) mass is 324 g/mol. The van der Waals surface area contributed by atoms with Crippen molar-refractivity contribution in [3.8, 4) is 0 Å². The van der Waals surface area contributed by atoms with Crippen LogP contribution in [0, 0.1) is 0 Å². The van der Waals surface area contributed by atoms with Crippen LogP contribution in [-0.2, 0) is 6.42 Å². The van der Waals surface area contributed by atoms with Gasteiger partial charge in [-0.15, -0.1) is 0 Å². The van der Waals surface area contributed by atoms with Crippen LogP contribution >= 0.6 is 0 Å². The molecule has 1 aliphatic rings. The number of β-amino-alcohol motifs (C(OH)–C–C–N with tert-alkyl or cyclic N) is 1. The second-order valence-electron chi connectivity index (χ2n) is 6.00. The molecule has 1 aliphatic heterocycles. The summed E-state index contributed by atoms with van der Waals surface area (Å²) in [5.74, 6) is 1.47. The maximum atomic E-state index is 9.65. The van der Waals surface area contributed by atoms with Crippen molar-refractivity contribution in [1.82, 2.24) is 19.4 Å². The van der Waals surface area contributed by atoms with Gasteiger partial charge in [0.15, 0.2) is 0 Å². The first-order valence-electron chi connectivity index (χ1n) is 8.20. The fourth-order valence-electron chi connectivity index (χ4n) is 2.97. The van der Waals surface area contributed by atoms with Crippen molar-refractivity contribution in [3.05, 3.63) is 48.5 Å². The van der Waals surface area contributed by atoms with E-state index in [-0.39, 0.29) is 6.10 Å². The molecule has 0 radical (unpaired) electrons. The Morgan fingerprint density at radius 3 is 3.04 bits per heavy atom. The number of aromatic nitrogens is 4. The highest BCUT2D eigenvalue weighted by Crippen LogP contribution is 2.18. The zero-order chi connectivity index (χ0) is 16.4. The first kappa shape index (κ1) is 14.9. The van der Waals surface area contributed by atoms with Crippen molar-refractivity contribution in [3.63, 3.8) is 0 Å². The Bertz CT molecular complexity index is 800. The summed E-state index contributed by atoms with van der Waals surface area (Å²) in [6.07, 6.45) is 7.13. The summed E-state index contributed by atoms with van der Waals surface area (Å²) in [6, 6.07) is 7.85. The first-order valence-corrected chi connectivity index (χ1v) is 8.20. The average Bonchev–Trinajstić information content (AvgIpc) is 3.21. The number of nitrogens with one attached hydrogen (secondary N) is 1. The molecule has 7 heteroatoms. The van der Waals surface area contributed by atoms with Crippen LogP contribution in [-0.4, -0.2) is 50.2 Å². The summed E-state index contributed by atoms with van der Waals surface area (Å²) >= 11 is 0. The maximum Gasteiger partial charge on any atom is 0.224 e. The van der Waals surface area contributed by atoms with Crippen LogP contribution in [0.2, 0.25) is 0 Å². The molecule has 1 saturated heterocycles. The number of aliphatic hydroxyl groups is 1. The number of hydrogen-bond donors (Lipinski definition) is 2. The molecule has 3 aromatic rings. The van der Waals surface area contributed by atoms with Gasteiger partial charge in [-0.05, 0) is 24.6 Å². The van der Waals surface area contributed by atoms with E-state index >= 15 is 0 Å². The number of anilines is 2. The smallest absolute Gasteiger partial charge is 0.224 e. The minimum atomic E-state index is -0.258. The molecule has 1 unspecified atom stereocenters. The van der Waals surface area contributed by atoms with Crippen molar-refractivity contribution >= 4 is 17.4 Å². The third kappa shape index (κ3) is 3.16. The maximum absolute atomic E-state index is 9.65. The predicted octanol–water partition coefficient (Wildman–Crippen LogP) is 1.35. The molecule has 24 heavy (non-hydrogen) atoms. The summed E-state index contributed by atoms with van der Waals surface area (Å²) in [4.78, 5) is 15.5. The van der Waals surface area contributed by atoms with Crippen LogP contribution in [0.4, 0.5) is 11.8 Å². The molecule has 3 aromatic heterocycles. The molecule has 0 spiro atoms. The van der Waals surface area contributed by atoms with E-state index in [1.165, 1.54) is 0 Å². The van der Waals surface area contributed by atoms with E-state index in [0.29, 0.717) is 12.5 Å². The molecule has 0 amide bonds. The summed E-state index contributed by atoms with van der Waals surface area (Å²) in [6.45, 7) is 2.19. The highest BCUT2D eigenvalue weighted by molar-refractivity contribution is 5.44. The largest absolute Gasteiger partial charge is 0.391 e. The van der Waals surface area contributed by atoms with Gasteiger partial charge in [-0.1, -0.05) is 6.07 Å². The fourth-order valence-corrected chi connectivity index (χ4v) is 2.97. The Labute approximate surface area is 140 Å². The molecule has 124 valence electrons. The van der Waals surface area contributed by atoms with E-state index in [1.54, 1.807) is 6.20 Å². The second-order valence-corrected chi connectivity index (χ2v) is 6.00. The highest BCUT2D eigenvalue weighted by Gasteiger charge is 2.21. The van der Waals surface area contributed by atoms with Gasteiger partial charge in [-0.3, -0.25) is 0 Å². The lowest BCUT2D eigenvalue weighted by atomic mass is 10.3. The van der Waals surface area contributed by atoms with E-state index in [2.05, 4.69) is 25.2 Å². The molecule has 7 nitrogen and oxygen atoms in total. The van der Waals surface area contributed by atoms with Crippen molar-refractivity contribution in [2.45, 2.75) is 18.9 Å². The van der Waals surface area contributed by atoms with Crippen LogP contribution in [0.25, 0.3) is 5.65 Å². The van der Waals surface area contributed by atoms with Crippen LogP contribution in [0.3, 0.4) is 0 Å². The molecular formula is C17H20N6O. The summed E-state index contributed by atoms with van der Waals surface area (Å²) in [7, 11) is 0. The number of pyridine rings is 1. The fraction of sp³-hybridized carbons (Fsp3) is 0.353. The van der Waals surface area contributed by atoms with Crippen molar-refractivity contribution < 1.29 is 5.11 Å². The number of imidazole rings is 1. The molecule has 0 bridgehead atoms. The van der Waals surface area contributed by atoms with Gasteiger partial charge >= 0.3 is 0 Å². The molecular weight excluding hydrogens is 304 g/mol. The highest BCUT2D eigenvalue weighted by atomic mass is 16.3. The minimum absolute atomic E-state index is 0.258. The van der Waals surface area contributed by atoms with Gasteiger partial charge in [0.05, 0.1) is 11.8 Å². The quantitative estimate of drug-likeness (QED) is 0.738. The number of rotatable bonds is 5. The summed E-state index contributed by atoms with van der Waals surface area (Å²) in [5, 5.41) is 12.9. The number of hydrogen-bond acceptors (Lipinski definition) is 6. The molecule has 2 N–H and O–H groups in total. The zero-order valence-electron chi connectivity index (χ0n) is 13.3. The summed E-state index contributed by atoms with van der Waals surface area (Å²) < 4.78 is 2.02.